The third kappa shape index (κ3) is 7.31. The number of carbonyl (C=O) groups is 4. The van der Waals surface area contributed by atoms with Crippen molar-refractivity contribution in [1.82, 2.24) is 4.90 Å². The molecule has 0 saturated carbocycles. The minimum atomic E-state index is -1.04. The molecule has 0 spiro atoms. The minimum absolute atomic E-state index is 0.226. The molecule has 0 bridgehead atoms. The standard InChI is InChI=1S/C26H34N4O8/c1-16-22(37-17(2)31)23(38-18(3)32)21(28-29-27)26(36-16)35-15-11-7-5-4-6-10-14-30-24(33)19-12-8-9-13-20(19)25(30)34/h8-9,12-13,16,21-23,26H,4-7,10-11,14-15H2,1-3H3/t16-,21-,22+,23-,26-/m0/s1. The SMILES string of the molecule is CC(=O)O[C@H]1[C@H](N=[N+]=[N-])[C@@H](OCCCCCCCCN2C(=O)c3ccccc3C2=O)O[C@@H](C)[C@H]1OC(C)=O. The highest BCUT2D eigenvalue weighted by molar-refractivity contribution is 6.21. The van der Waals surface area contributed by atoms with Crippen LogP contribution in [0.25, 0.3) is 10.4 Å². The fourth-order valence-corrected chi connectivity index (χ4v) is 4.71. The molecule has 12 heteroatoms. The van der Waals surface area contributed by atoms with Gasteiger partial charge in [0.05, 0.1) is 17.2 Å². The number of fused-ring (bicyclic) bond motifs is 1. The van der Waals surface area contributed by atoms with Crippen LogP contribution in [0.4, 0.5) is 0 Å². The monoisotopic (exact) mass is 530 g/mol. The van der Waals surface area contributed by atoms with Crippen molar-refractivity contribution >= 4 is 23.8 Å². The van der Waals surface area contributed by atoms with Crippen LogP contribution in [0.3, 0.4) is 0 Å². The number of ether oxygens (including phenoxy) is 4. The van der Waals surface area contributed by atoms with Gasteiger partial charge in [-0.15, -0.1) is 0 Å². The average molecular weight is 531 g/mol. The zero-order valence-electron chi connectivity index (χ0n) is 21.9. The van der Waals surface area contributed by atoms with Crippen molar-refractivity contribution < 1.29 is 38.1 Å². The van der Waals surface area contributed by atoms with Gasteiger partial charge in [0.2, 0.25) is 0 Å². The van der Waals surface area contributed by atoms with Gasteiger partial charge in [-0.05, 0) is 37.4 Å². The number of unbranched alkanes of at least 4 members (excludes halogenated alkanes) is 5. The molecule has 0 aliphatic carbocycles. The van der Waals surface area contributed by atoms with E-state index in [2.05, 4.69) is 10.0 Å². The van der Waals surface area contributed by atoms with Crippen LogP contribution in [0.2, 0.25) is 0 Å². The summed E-state index contributed by atoms with van der Waals surface area (Å²) in [7, 11) is 0. The number of hydrogen-bond acceptors (Lipinski definition) is 9. The lowest BCUT2D eigenvalue weighted by Gasteiger charge is -2.42. The highest BCUT2D eigenvalue weighted by Gasteiger charge is 2.48. The van der Waals surface area contributed by atoms with Crippen LogP contribution in [0.15, 0.2) is 29.4 Å². The van der Waals surface area contributed by atoms with Crippen LogP contribution in [0.1, 0.15) is 80.0 Å². The summed E-state index contributed by atoms with van der Waals surface area (Å²) in [6.07, 6.45) is 1.53. The van der Waals surface area contributed by atoms with Gasteiger partial charge in [-0.3, -0.25) is 24.1 Å². The van der Waals surface area contributed by atoms with Crippen molar-refractivity contribution in [3.05, 3.63) is 45.8 Å². The Labute approximate surface area is 221 Å². The highest BCUT2D eigenvalue weighted by atomic mass is 16.7. The Balaban J connectivity index is 1.38. The molecule has 1 aromatic rings. The quantitative estimate of drug-likeness (QED) is 0.0927. The van der Waals surface area contributed by atoms with Crippen molar-refractivity contribution in [3.63, 3.8) is 0 Å². The van der Waals surface area contributed by atoms with Gasteiger partial charge in [-0.2, -0.15) is 0 Å². The fourth-order valence-electron chi connectivity index (χ4n) is 4.71. The highest BCUT2D eigenvalue weighted by Crippen LogP contribution is 2.29. The molecule has 5 atom stereocenters. The van der Waals surface area contributed by atoms with Gasteiger partial charge >= 0.3 is 11.9 Å². The normalized spacial score (nSPS) is 24.5. The molecule has 3 rings (SSSR count). The van der Waals surface area contributed by atoms with E-state index in [1.54, 1.807) is 31.2 Å². The lowest BCUT2D eigenvalue weighted by atomic mass is 9.97. The molecule has 0 radical (unpaired) electrons. The van der Waals surface area contributed by atoms with Crippen LogP contribution in [-0.4, -0.2) is 72.4 Å². The van der Waals surface area contributed by atoms with Crippen molar-refractivity contribution in [2.45, 2.75) is 89.9 Å². The molecule has 0 N–H and O–H groups in total. The summed E-state index contributed by atoms with van der Waals surface area (Å²) < 4.78 is 22.3. The third-order valence-electron chi connectivity index (χ3n) is 6.48. The predicted molar refractivity (Wildman–Crippen MR) is 134 cm³/mol. The van der Waals surface area contributed by atoms with Crippen molar-refractivity contribution in [1.29, 1.82) is 0 Å². The van der Waals surface area contributed by atoms with Gasteiger partial charge < -0.3 is 18.9 Å². The van der Waals surface area contributed by atoms with Crippen LogP contribution < -0.4 is 0 Å². The van der Waals surface area contributed by atoms with Gasteiger partial charge in [-0.25, -0.2) is 0 Å². The molecular formula is C26H34N4O8. The first-order chi connectivity index (χ1) is 18.2. The van der Waals surface area contributed by atoms with Crippen LogP contribution in [-0.2, 0) is 28.5 Å². The van der Waals surface area contributed by atoms with E-state index < -0.39 is 42.6 Å². The molecule has 0 unspecified atom stereocenters. The number of hydrogen-bond donors (Lipinski definition) is 0. The maximum atomic E-state index is 12.4. The molecule has 1 saturated heterocycles. The topological polar surface area (TPSA) is 157 Å². The molecule has 2 heterocycles. The molecule has 1 aromatic carbocycles. The number of amides is 2. The van der Waals surface area contributed by atoms with E-state index in [0.717, 1.165) is 38.5 Å². The molecule has 12 nitrogen and oxygen atoms in total. The fraction of sp³-hybridized carbons (Fsp3) is 0.615. The molecule has 38 heavy (non-hydrogen) atoms. The van der Waals surface area contributed by atoms with E-state index in [4.69, 9.17) is 24.5 Å². The third-order valence-corrected chi connectivity index (χ3v) is 6.48. The van der Waals surface area contributed by atoms with Gasteiger partial charge in [0.15, 0.2) is 18.5 Å². The lowest BCUT2D eigenvalue weighted by Crippen LogP contribution is -2.59. The first-order valence-corrected chi connectivity index (χ1v) is 12.9. The number of esters is 2. The Morgan fingerprint density at radius 1 is 0.947 bits per heavy atom. The molecule has 1 fully saturated rings. The summed E-state index contributed by atoms with van der Waals surface area (Å²) >= 11 is 0. The Hall–Kier alpha value is -3.47. The van der Waals surface area contributed by atoms with E-state index in [9.17, 15) is 19.2 Å². The maximum absolute atomic E-state index is 12.4. The average Bonchev–Trinajstić information content (AvgIpc) is 3.11. The number of carbonyl (C=O) groups excluding carboxylic acids is 4. The minimum Gasteiger partial charge on any atom is -0.458 e. The first kappa shape index (κ1) is 29.1. The summed E-state index contributed by atoms with van der Waals surface area (Å²) in [5, 5.41) is 3.71. The van der Waals surface area contributed by atoms with Crippen molar-refractivity contribution in [3.8, 4) is 0 Å². The Morgan fingerprint density at radius 2 is 1.50 bits per heavy atom. The van der Waals surface area contributed by atoms with Gasteiger partial charge in [0.25, 0.3) is 11.8 Å². The van der Waals surface area contributed by atoms with E-state index >= 15 is 0 Å². The number of imide groups is 1. The van der Waals surface area contributed by atoms with Crippen LogP contribution >= 0.6 is 0 Å². The molecule has 2 aliphatic heterocycles. The van der Waals surface area contributed by atoms with Crippen molar-refractivity contribution in [2.24, 2.45) is 5.11 Å². The second kappa shape index (κ2) is 13.9. The smallest absolute Gasteiger partial charge is 0.303 e. The van der Waals surface area contributed by atoms with E-state index in [1.165, 1.54) is 18.7 Å². The lowest BCUT2D eigenvalue weighted by molar-refractivity contribution is -0.263. The number of rotatable bonds is 13. The molecule has 206 valence electrons. The van der Waals surface area contributed by atoms with E-state index in [0.29, 0.717) is 24.3 Å². The maximum Gasteiger partial charge on any atom is 0.303 e. The summed E-state index contributed by atoms with van der Waals surface area (Å²) in [6.45, 7) is 4.84. The van der Waals surface area contributed by atoms with Gasteiger partial charge in [-0.1, -0.05) is 42.9 Å². The zero-order valence-corrected chi connectivity index (χ0v) is 21.9. The number of nitrogens with zero attached hydrogens (tertiary/aromatic N) is 4. The Bertz CT molecular complexity index is 1040. The Kier molecular flexibility index (Phi) is 10.6. The molecular weight excluding hydrogens is 496 g/mol. The summed E-state index contributed by atoms with van der Waals surface area (Å²) in [4.78, 5) is 52.1. The van der Waals surface area contributed by atoms with Crippen molar-refractivity contribution in [2.75, 3.05) is 13.2 Å². The van der Waals surface area contributed by atoms with Crippen LogP contribution in [0, 0.1) is 0 Å². The van der Waals surface area contributed by atoms with E-state index in [1.807, 2.05) is 0 Å². The zero-order chi connectivity index (χ0) is 27.7. The number of benzene rings is 1. The number of azide groups is 1. The predicted octanol–water partition coefficient (Wildman–Crippen LogP) is 3.93. The summed E-state index contributed by atoms with van der Waals surface area (Å²) in [5.41, 5.74) is 9.98. The van der Waals surface area contributed by atoms with Gasteiger partial charge in [0.1, 0.15) is 6.04 Å². The molecule has 0 aromatic heterocycles. The van der Waals surface area contributed by atoms with Gasteiger partial charge in [0, 0.05) is 31.9 Å². The molecule has 2 amide bonds. The van der Waals surface area contributed by atoms with E-state index in [-0.39, 0.29) is 11.8 Å². The second-order valence-corrected chi connectivity index (χ2v) is 9.35. The molecule has 2 aliphatic rings. The second-order valence-electron chi connectivity index (χ2n) is 9.35. The Morgan fingerprint density at radius 3 is 2.08 bits per heavy atom. The summed E-state index contributed by atoms with van der Waals surface area (Å²) in [6, 6.07) is 5.85. The largest absolute Gasteiger partial charge is 0.458 e. The summed E-state index contributed by atoms with van der Waals surface area (Å²) in [5.74, 6) is -1.64. The van der Waals surface area contributed by atoms with Crippen LogP contribution in [0.5, 0.6) is 0 Å². The first-order valence-electron chi connectivity index (χ1n) is 12.9.